The van der Waals surface area contributed by atoms with Crippen molar-refractivity contribution in [2.45, 2.75) is 84.0 Å². The van der Waals surface area contributed by atoms with Crippen molar-refractivity contribution in [2.24, 2.45) is 0 Å². The van der Waals surface area contributed by atoms with Crippen molar-refractivity contribution < 1.29 is 62.2 Å². The van der Waals surface area contributed by atoms with Crippen molar-refractivity contribution in [3.05, 3.63) is 93.5 Å². The molecule has 4 aromatic carbocycles. The summed E-state index contributed by atoms with van der Waals surface area (Å²) < 4.78 is 179. The lowest BCUT2D eigenvalue weighted by Crippen LogP contribution is -2.22. The molecule has 4 rings (SSSR count). The fourth-order valence-corrected chi connectivity index (χ4v) is 8.97. The van der Waals surface area contributed by atoms with E-state index in [9.17, 15) is 52.7 Å². The number of rotatable bonds is 10. The minimum atomic E-state index is -5.17. The van der Waals surface area contributed by atoms with E-state index in [1.807, 2.05) is 53.7 Å². The Kier molecular flexibility index (Phi) is 13.0. The summed E-state index contributed by atoms with van der Waals surface area (Å²) in [5, 5.41) is -0.744. The van der Waals surface area contributed by atoms with Crippen LogP contribution < -0.4 is 30.7 Å². The molecule has 0 radical (unpaired) electrons. The second kappa shape index (κ2) is 16.2. The van der Waals surface area contributed by atoms with Crippen LogP contribution in [0.1, 0.15) is 98.2 Å². The monoisotopic (exact) mass is 828 g/mol. The van der Waals surface area contributed by atoms with Gasteiger partial charge in [0.05, 0.1) is 36.5 Å². The fourth-order valence-electron chi connectivity index (χ4n) is 6.07. The highest BCUT2D eigenvalue weighted by Crippen LogP contribution is 2.46. The third-order valence-electron chi connectivity index (χ3n) is 8.77. The number of halogens is 12. The van der Waals surface area contributed by atoms with Crippen LogP contribution in [-0.4, -0.2) is 14.2 Å². The van der Waals surface area contributed by atoms with E-state index in [-0.39, 0.29) is 57.6 Å². The summed E-state index contributed by atoms with van der Waals surface area (Å²) >= 11 is 0. The van der Waals surface area contributed by atoms with Crippen LogP contribution in [0.25, 0.3) is 11.1 Å². The standard InChI is InChI=1S/C39H38F12O2P2/c1-18(2)21-9-28(19(3)4)32(29(10-21)20(5)6)33-30(52-7)17-31(54-26-13-22(36(40,41)42)11-23(14-26)37(43,44)45)34(53-8)35(33)55-27-15-24(38(46,47)48)12-25(16-27)39(49,50)51/h9-20,54-55H,1-8H3. The number of benzene rings is 4. The maximum Gasteiger partial charge on any atom is 0.416 e. The average molecular weight is 829 g/mol. The zero-order chi connectivity index (χ0) is 41.6. The molecule has 0 saturated carbocycles. The molecule has 0 aliphatic carbocycles. The van der Waals surface area contributed by atoms with Crippen molar-refractivity contribution in [1.82, 2.24) is 0 Å². The number of hydrogen-bond acceptors (Lipinski definition) is 2. The molecular weight excluding hydrogens is 790 g/mol. The Hall–Kier alpha value is -3.50. The van der Waals surface area contributed by atoms with Gasteiger partial charge in [-0.05, 0) is 93.1 Å². The maximum absolute atomic E-state index is 14.0. The van der Waals surface area contributed by atoms with Crippen molar-refractivity contribution in [2.75, 3.05) is 14.2 Å². The van der Waals surface area contributed by atoms with Gasteiger partial charge in [-0.3, -0.25) is 0 Å². The topological polar surface area (TPSA) is 18.5 Å². The Morgan fingerprint density at radius 2 is 0.836 bits per heavy atom. The lowest BCUT2D eigenvalue weighted by Gasteiger charge is -2.28. The van der Waals surface area contributed by atoms with Crippen molar-refractivity contribution >= 4 is 38.4 Å². The van der Waals surface area contributed by atoms with Crippen molar-refractivity contribution in [3.63, 3.8) is 0 Å². The molecule has 16 heteroatoms. The molecule has 0 bridgehead atoms. The van der Waals surface area contributed by atoms with Crippen LogP contribution in [0.4, 0.5) is 52.7 Å². The van der Waals surface area contributed by atoms with Crippen molar-refractivity contribution in [3.8, 4) is 22.6 Å². The second-order valence-corrected chi connectivity index (χ2v) is 16.5. The van der Waals surface area contributed by atoms with Gasteiger partial charge < -0.3 is 9.47 Å². The Bertz CT molecular complexity index is 1930. The van der Waals surface area contributed by atoms with E-state index < -0.39 is 74.7 Å². The van der Waals surface area contributed by atoms with Crippen LogP contribution >= 0.6 is 17.2 Å². The first-order valence-electron chi connectivity index (χ1n) is 16.8. The normalized spacial score (nSPS) is 13.4. The van der Waals surface area contributed by atoms with Gasteiger partial charge in [-0.2, -0.15) is 52.7 Å². The molecule has 0 N–H and O–H groups in total. The molecule has 0 spiro atoms. The molecule has 2 unspecified atom stereocenters. The first-order valence-corrected chi connectivity index (χ1v) is 18.8. The Balaban J connectivity index is 2.20. The molecular formula is C39H38F12O2P2. The summed E-state index contributed by atoms with van der Waals surface area (Å²) in [7, 11) is 0.459. The second-order valence-electron chi connectivity index (χ2n) is 13.8. The van der Waals surface area contributed by atoms with E-state index in [0.29, 0.717) is 29.8 Å². The number of ether oxygens (including phenoxy) is 2. The molecule has 0 fully saturated rings. The van der Waals surface area contributed by atoms with Gasteiger partial charge in [0.15, 0.2) is 0 Å². The Morgan fingerprint density at radius 1 is 0.455 bits per heavy atom. The zero-order valence-electron chi connectivity index (χ0n) is 30.8. The summed E-state index contributed by atoms with van der Waals surface area (Å²) in [5.41, 5.74) is -2.92. The third-order valence-corrected chi connectivity index (χ3v) is 11.3. The highest BCUT2D eigenvalue weighted by atomic mass is 31.1. The SMILES string of the molecule is COc1cc(Pc2cc(C(F)(F)F)cc(C(F)(F)F)c2)c(OC)c(Pc2cc(C(F)(F)F)cc(C(F)(F)F)c2)c1-c1c(C(C)C)cc(C(C)C)cc1C(C)C. The van der Waals surface area contributed by atoms with Crippen molar-refractivity contribution in [1.29, 1.82) is 0 Å². The van der Waals surface area contributed by atoms with Crippen LogP contribution in [0.3, 0.4) is 0 Å². The minimum Gasteiger partial charge on any atom is -0.496 e. The summed E-state index contributed by atoms with van der Waals surface area (Å²) in [6.07, 6.45) is -20.6. The lowest BCUT2D eigenvalue weighted by molar-refractivity contribution is -0.144. The minimum absolute atomic E-state index is 0.00520. The largest absolute Gasteiger partial charge is 0.496 e. The molecule has 300 valence electrons. The first-order chi connectivity index (χ1) is 25.2. The molecule has 0 amide bonds. The summed E-state index contributed by atoms with van der Waals surface area (Å²) in [6.45, 7) is 11.6. The Labute approximate surface area is 314 Å². The quantitative estimate of drug-likeness (QED) is 0.117. The first kappa shape index (κ1) is 44.2. The predicted molar refractivity (Wildman–Crippen MR) is 195 cm³/mol. The average Bonchev–Trinajstić information content (AvgIpc) is 3.05. The summed E-state index contributed by atoms with van der Waals surface area (Å²) in [5.74, 6) is -0.406. The highest BCUT2D eigenvalue weighted by Gasteiger charge is 2.39. The number of methoxy groups -OCH3 is 2. The van der Waals surface area contributed by atoms with Gasteiger partial charge in [-0.1, -0.05) is 70.8 Å². The third kappa shape index (κ3) is 10.1. The molecule has 0 aromatic heterocycles. The molecule has 0 aliphatic rings. The van der Waals surface area contributed by atoms with E-state index in [4.69, 9.17) is 9.47 Å². The van der Waals surface area contributed by atoms with Crippen LogP contribution in [0.5, 0.6) is 11.5 Å². The molecule has 2 atom stereocenters. The molecule has 2 nitrogen and oxygen atoms in total. The molecule has 55 heavy (non-hydrogen) atoms. The van der Waals surface area contributed by atoms with Gasteiger partial charge in [0.1, 0.15) is 11.5 Å². The predicted octanol–water partition coefficient (Wildman–Crippen LogP) is 12.1. The number of alkyl halides is 12. The van der Waals surface area contributed by atoms with E-state index in [2.05, 4.69) is 0 Å². The van der Waals surface area contributed by atoms with Crippen LogP contribution in [0.15, 0.2) is 54.6 Å². The van der Waals surface area contributed by atoms with Gasteiger partial charge in [-0.15, -0.1) is 0 Å². The molecule has 0 saturated heterocycles. The smallest absolute Gasteiger partial charge is 0.416 e. The van der Waals surface area contributed by atoms with E-state index in [0.717, 1.165) is 23.8 Å². The molecule has 4 aromatic rings. The van der Waals surface area contributed by atoms with Crippen LogP contribution in [0.2, 0.25) is 0 Å². The number of hydrogen-bond donors (Lipinski definition) is 0. The van der Waals surface area contributed by atoms with E-state index >= 15 is 0 Å². The molecule has 0 aliphatic heterocycles. The van der Waals surface area contributed by atoms with Gasteiger partial charge in [-0.25, -0.2) is 0 Å². The Morgan fingerprint density at radius 3 is 1.15 bits per heavy atom. The maximum atomic E-state index is 14.0. The fraction of sp³-hybridized carbons (Fsp3) is 0.385. The van der Waals surface area contributed by atoms with Gasteiger partial charge >= 0.3 is 24.7 Å². The van der Waals surface area contributed by atoms with E-state index in [1.165, 1.54) is 13.2 Å². The van der Waals surface area contributed by atoms with Gasteiger partial charge in [0, 0.05) is 16.2 Å². The lowest BCUT2D eigenvalue weighted by atomic mass is 9.81. The summed E-state index contributed by atoms with van der Waals surface area (Å²) in [6, 6.07) is 7.53. The highest BCUT2D eigenvalue weighted by molar-refractivity contribution is 7.58. The van der Waals surface area contributed by atoms with Gasteiger partial charge in [0.25, 0.3) is 0 Å². The van der Waals surface area contributed by atoms with E-state index in [1.54, 1.807) is 0 Å². The van der Waals surface area contributed by atoms with Gasteiger partial charge in [0.2, 0.25) is 0 Å². The molecule has 0 heterocycles. The van der Waals surface area contributed by atoms with Crippen LogP contribution in [0, 0.1) is 0 Å². The zero-order valence-corrected chi connectivity index (χ0v) is 32.8. The van der Waals surface area contributed by atoms with Crippen LogP contribution in [-0.2, 0) is 24.7 Å². The summed E-state index contributed by atoms with van der Waals surface area (Å²) in [4.78, 5) is 0.